The summed E-state index contributed by atoms with van der Waals surface area (Å²) in [5.74, 6) is -0.493. The van der Waals surface area contributed by atoms with E-state index in [9.17, 15) is 13.6 Å². The van der Waals surface area contributed by atoms with E-state index in [1.807, 2.05) is 0 Å². The molecule has 112 valence electrons. The first kappa shape index (κ1) is 13.9. The lowest BCUT2D eigenvalue weighted by Gasteiger charge is -2.02. The summed E-state index contributed by atoms with van der Waals surface area (Å²) in [7, 11) is 0. The van der Waals surface area contributed by atoms with Crippen molar-refractivity contribution in [3.63, 3.8) is 0 Å². The van der Waals surface area contributed by atoms with E-state index in [1.165, 1.54) is 18.5 Å². The molecule has 3 aromatic heterocycles. The van der Waals surface area contributed by atoms with Crippen molar-refractivity contribution in [1.82, 2.24) is 14.8 Å². The van der Waals surface area contributed by atoms with Crippen molar-refractivity contribution < 1.29 is 18.0 Å². The Labute approximate surface area is 123 Å². The molecule has 0 aliphatic carbocycles. The number of rotatable bonds is 4. The number of hydrogen-bond donors (Lipinski definition) is 1. The molecule has 0 saturated heterocycles. The standard InChI is InChI=1S/C14H10F2N4O2/c15-14(16)20-8-10(18-13(21)11-5-3-7-22-11)12(19-20)9-4-1-2-6-17-9/h1-8,14H,(H,18,21). The molecule has 0 atom stereocenters. The predicted octanol–water partition coefficient (Wildman–Crippen LogP) is 3.19. The van der Waals surface area contributed by atoms with Gasteiger partial charge in [-0.2, -0.15) is 13.9 Å². The Bertz CT molecular complexity index is 770. The molecule has 0 saturated carbocycles. The zero-order valence-corrected chi connectivity index (χ0v) is 11.1. The topological polar surface area (TPSA) is 73.0 Å². The Balaban J connectivity index is 1.97. The predicted molar refractivity (Wildman–Crippen MR) is 73.4 cm³/mol. The minimum absolute atomic E-state index is 0.0665. The van der Waals surface area contributed by atoms with Gasteiger partial charge in [-0.3, -0.25) is 9.78 Å². The fourth-order valence-corrected chi connectivity index (χ4v) is 1.87. The van der Waals surface area contributed by atoms with Crippen LogP contribution in [0.5, 0.6) is 0 Å². The number of anilines is 1. The third kappa shape index (κ3) is 2.71. The molecule has 0 aromatic carbocycles. The number of nitrogens with zero attached hydrogens (tertiary/aromatic N) is 3. The normalized spacial score (nSPS) is 10.9. The molecule has 1 amide bonds. The molecule has 3 aromatic rings. The highest BCUT2D eigenvalue weighted by atomic mass is 19.3. The van der Waals surface area contributed by atoms with Crippen LogP contribution < -0.4 is 5.32 Å². The van der Waals surface area contributed by atoms with Gasteiger partial charge in [-0.05, 0) is 24.3 Å². The van der Waals surface area contributed by atoms with Crippen LogP contribution in [0, 0.1) is 0 Å². The second-order valence-corrected chi connectivity index (χ2v) is 4.30. The Hall–Kier alpha value is -3.03. The van der Waals surface area contributed by atoms with Crippen molar-refractivity contribution in [2.75, 3.05) is 5.32 Å². The highest BCUT2D eigenvalue weighted by Gasteiger charge is 2.19. The Morgan fingerprint density at radius 1 is 1.27 bits per heavy atom. The Kier molecular flexibility index (Phi) is 3.65. The number of furan rings is 1. The molecule has 0 fully saturated rings. The zero-order chi connectivity index (χ0) is 15.5. The summed E-state index contributed by atoms with van der Waals surface area (Å²) in [5, 5.41) is 6.27. The van der Waals surface area contributed by atoms with E-state index in [0.717, 1.165) is 6.20 Å². The van der Waals surface area contributed by atoms with Crippen molar-refractivity contribution >= 4 is 11.6 Å². The van der Waals surface area contributed by atoms with Gasteiger partial charge in [0.25, 0.3) is 5.91 Å². The summed E-state index contributed by atoms with van der Waals surface area (Å²) in [4.78, 5) is 16.0. The number of halogens is 2. The smallest absolute Gasteiger partial charge is 0.333 e. The van der Waals surface area contributed by atoms with Crippen LogP contribution >= 0.6 is 0 Å². The van der Waals surface area contributed by atoms with Crippen molar-refractivity contribution in [2.24, 2.45) is 0 Å². The number of amides is 1. The SMILES string of the molecule is O=C(Nc1cn(C(F)F)nc1-c1ccccn1)c1ccco1. The summed E-state index contributed by atoms with van der Waals surface area (Å²) in [5.41, 5.74) is 0.651. The molecule has 22 heavy (non-hydrogen) atoms. The lowest BCUT2D eigenvalue weighted by molar-refractivity contribution is 0.0568. The minimum Gasteiger partial charge on any atom is -0.459 e. The number of nitrogens with one attached hydrogen (secondary N) is 1. The van der Waals surface area contributed by atoms with Gasteiger partial charge in [0.15, 0.2) is 5.76 Å². The van der Waals surface area contributed by atoms with Gasteiger partial charge in [0.05, 0.1) is 23.8 Å². The van der Waals surface area contributed by atoms with Crippen LogP contribution in [0.3, 0.4) is 0 Å². The fourth-order valence-electron chi connectivity index (χ4n) is 1.87. The van der Waals surface area contributed by atoms with Gasteiger partial charge in [0.2, 0.25) is 0 Å². The van der Waals surface area contributed by atoms with Crippen LogP contribution in [0.4, 0.5) is 14.5 Å². The van der Waals surface area contributed by atoms with E-state index in [-0.39, 0.29) is 17.1 Å². The maximum Gasteiger partial charge on any atom is 0.333 e. The van der Waals surface area contributed by atoms with E-state index in [1.54, 1.807) is 24.3 Å². The minimum atomic E-state index is -2.82. The van der Waals surface area contributed by atoms with E-state index in [0.29, 0.717) is 10.4 Å². The maximum absolute atomic E-state index is 12.8. The van der Waals surface area contributed by atoms with Crippen LogP contribution in [0.15, 0.2) is 53.4 Å². The molecule has 0 aliphatic rings. The van der Waals surface area contributed by atoms with Crippen LogP contribution in [0.2, 0.25) is 0 Å². The van der Waals surface area contributed by atoms with E-state index in [4.69, 9.17) is 4.42 Å². The summed E-state index contributed by atoms with van der Waals surface area (Å²) in [6.07, 6.45) is 3.90. The van der Waals surface area contributed by atoms with Gasteiger partial charge in [-0.25, -0.2) is 4.68 Å². The summed E-state index contributed by atoms with van der Waals surface area (Å²) in [6, 6.07) is 8.02. The lowest BCUT2D eigenvalue weighted by Crippen LogP contribution is -2.11. The lowest BCUT2D eigenvalue weighted by atomic mass is 10.2. The second-order valence-electron chi connectivity index (χ2n) is 4.30. The van der Waals surface area contributed by atoms with E-state index in [2.05, 4.69) is 15.4 Å². The third-order valence-corrected chi connectivity index (χ3v) is 2.83. The molecular formula is C14H10F2N4O2. The molecule has 0 bridgehead atoms. The van der Waals surface area contributed by atoms with Gasteiger partial charge < -0.3 is 9.73 Å². The quantitative estimate of drug-likeness (QED) is 0.803. The first-order valence-corrected chi connectivity index (χ1v) is 6.28. The maximum atomic E-state index is 12.8. The molecule has 0 unspecified atom stereocenters. The molecular weight excluding hydrogens is 294 g/mol. The van der Waals surface area contributed by atoms with Crippen LogP contribution in [-0.2, 0) is 0 Å². The fraction of sp³-hybridized carbons (Fsp3) is 0.0714. The van der Waals surface area contributed by atoms with Crippen LogP contribution in [-0.4, -0.2) is 20.7 Å². The molecule has 0 aliphatic heterocycles. The molecule has 6 nitrogen and oxygen atoms in total. The highest BCUT2D eigenvalue weighted by molar-refractivity contribution is 6.03. The Morgan fingerprint density at radius 2 is 2.14 bits per heavy atom. The van der Waals surface area contributed by atoms with Crippen molar-refractivity contribution in [2.45, 2.75) is 6.55 Å². The monoisotopic (exact) mass is 304 g/mol. The molecule has 1 N–H and O–H groups in total. The second kappa shape index (κ2) is 5.76. The number of aromatic nitrogens is 3. The largest absolute Gasteiger partial charge is 0.459 e. The summed E-state index contributed by atoms with van der Waals surface area (Å²) in [6.45, 7) is -2.82. The molecule has 3 heterocycles. The third-order valence-electron chi connectivity index (χ3n) is 2.83. The zero-order valence-electron chi connectivity index (χ0n) is 11.1. The van der Waals surface area contributed by atoms with E-state index < -0.39 is 12.5 Å². The first-order chi connectivity index (χ1) is 10.6. The van der Waals surface area contributed by atoms with Gasteiger partial charge in [-0.15, -0.1) is 0 Å². The number of hydrogen-bond acceptors (Lipinski definition) is 4. The average molecular weight is 304 g/mol. The average Bonchev–Trinajstić information content (AvgIpc) is 3.17. The van der Waals surface area contributed by atoms with Crippen LogP contribution in [0.1, 0.15) is 17.1 Å². The van der Waals surface area contributed by atoms with Gasteiger partial charge >= 0.3 is 6.55 Å². The summed E-state index contributed by atoms with van der Waals surface area (Å²) >= 11 is 0. The summed E-state index contributed by atoms with van der Waals surface area (Å²) < 4.78 is 31.1. The van der Waals surface area contributed by atoms with Crippen molar-refractivity contribution in [1.29, 1.82) is 0 Å². The number of pyridine rings is 1. The number of carbonyl (C=O) groups is 1. The van der Waals surface area contributed by atoms with Gasteiger partial charge in [-0.1, -0.05) is 6.07 Å². The Morgan fingerprint density at radius 3 is 2.77 bits per heavy atom. The number of carbonyl (C=O) groups excluding carboxylic acids is 1. The molecule has 0 spiro atoms. The molecule has 0 radical (unpaired) electrons. The first-order valence-electron chi connectivity index (χ1n) is 6.28. The highest BCUT2D eigenvalue weighted by Crippen LogP contribution is 2.27. The van der Waals surface area contributed by atoms with Gasteiger partial charge in [0.1, 0.15) is 5.69 Å². The molecule has 3 rings (SSSR count). The molecule has 8 heteroatoms. The van der Waals surface area contributed by atoms with Gasteiger partial charge in [0, 0.05) is 6.20 Å². The van der Waals surface area contributed by atoms with Crippen LogP contribution in [0.25, 0.3) is 11.4 Å². The number of alkyl halides is 2. The van der Waals surface area contributed by atoms with Crippen molar-refractivity contribution in [3.8, 4) is 11.4 Å². The van der Waals surface area contributed by atoms with E-state index >= 15 is 0 Å². The van der Waals surface area contributed by atoms with Crippen molar-refractivity contribution in [3.05, 3.63) is 54.7 Å².